The highest BCUT2D eigenvalue weighted by Crippen LogP contribution is 2.25. The van der Waals surface area contributed by atoms with Crippen molar-refractivity contribution in [3.8, 4) is 17.3 Å². The average molecular weight is 502 g/mol. The van der Waals surface area contributed by atoms with Gasteiger partial charge in [-0.1, -0.05) is 43.6 Å². The van der Waals surface area contributed by atoms with Crippen LogP contribution in [-0.4, -0.2) is 42.0 Å². The molecule has 5 aromatic rings. The van der Waals surface area contributed by atoms with Gasteiger partial charge in [0, 0.05) is 11.1 Å². The molecular formula is C26H24ClN7O2. The Balaban J connectivity index is 1.38. The summed E-state index contributed by atoms with van der Waals surface area (Å²) in [6.45, 7) is 5.95. The van der Waals surface area contributed by atoms with Gasteiger partial charge in [-0.3, -0.25) is 4.79 Å². The van der Waals surface area contributed by atoms with Gasteiger partial charge < -0.3 is 10.1 Å². The number of hydrogen-bond acceptors (Lipinski definition) is 6. The minimum Gasteiger partial charge on any atom is -0.484 e. The predicted molar refractivity (Wildman–Crippen MR) is 138 cm³/mol. The van der Waals surface area contributed by atoms with Crippen LogP contribution < -0.4 is 10.1 Å². The molecule has 5 rings (SSSR count). The normalized spacial score (nSPS) is 11.2. The maximum atomic E-state index is 12.7. The first-order valence-electron chi connectivity index (χ1n) is 11.4. The van der Waals surface area contributed by atoms with Gasteiger partial charge in [-0.15, -0.1) is 0 Å². The van der Waals surface area contributed by atoms with E-state index in [4.69, 9.17) is 16.3 Å². The van der Waals surface area contributed by atoms with Gasteiger partial charge in [0.05, 0.1) is 23.0 Å². The van der Waals surface area contributed by atoms with Crippen LogP contribution in [0.5, 0.6) is 5.75 Å². The number of halogens is 1. The van der Waals surface area contributed by atoms with Gasteiger partial charge in [-0.2, -0.15) is 14.9 Å². The number of fused-ring (bicyclic) bond motifs is 1. The molecule has 0 aliphatic heterocycles. The molecular weight excluding hydrogens is 478 g/mol. The lowest BCUT2D eigenvalue weighted by atomic mass is 10.0. The second kappa shape index (κ2) is 9.79. The van der Waals surface area contributed by atoms with Crippen LogP contribution in [0.4, 0.5) is 5.82 Å². The Morgan fingerprint density at radius 1 is 1.08 bits per heavy atom. The van der Waals surface area contributed by atoms with Crippen LogP contribution in [0, 0.1) is 6.92 Å². The number of aryl methyl sites for hydroxylation is 1. The molecule has 0 bridgehead atoms. The van der Waals surface area contributed by atoms with Crippen molar-refractivity contribution in [3.63, 3.8) is 0 Å². The summed E-state index contributed by atoms with van der Waals surface area (Å²) in [4.78, 5) is 21.5. The van der Waals surface area contributed by atoms with E-state index >= 15 is 0 Å². The lowest BCUT2D eigenvalue weighted by Crippen LogP contribution is -2.22. The third kappa shape index (κ3) is 4.78. The van der Waals surface area contributed by atoms with Crippen LogP contribution >= 0.6 is 11.6 Å². The number of anilines is 1. The SMILES string of the molecule is Cc1cc(NC(=O)COc2ccc(C(C)C)cc2)n(-c2ncnc3c2cnn3-c2cccc(Cl)c2)n1. The summed E-state index contributed by atoms with van der Waals surface area (Å²) in [7, 11) is 0. The lowest BCUT2D eigenvalue weighted by Gasteiger charge is -2.11. The minimum absolute atomic E-state index is 0.142. The van der Waals surface area contributed by atoms with E-state index in [1.165, 1.54) is 11.9 Å². The number of carbonyl (C=O) groups is 1. The van der Waals surface area contributed by atoms with Gasteiger partial charge in [0.15, 0.2) is 18.1 Å². The number of nitrogens with one attached hydrogen (secondary N) is 1. The van der Waals surface area contributed by atoms with Gasteiger partial charge in [0.2, 0.25) is 0 Å². The number of amides is 1. The van der Waals surface area contributed by atoms with Crippen LogP contribution in [-0.2, 0) is 4.79 Å². The predicted octanol–water partition coefficient (Wildman–Crippen LogP) is 5.10. The van der Waals surface area contributed by atoms with Gasteiger partial charge in [-0.05, 0) is 48.7 Å². The van der Waals surface area contributed by atoms with Crippen molar-refractivity contribution in [1.82, 2.24) is 29.5 Å². The van der Waals surface area contributed by atoms with E-state index in [0.29, 0.717) is 45.1 Å². The van der Waals surface area contributed by atoms with Crippen LogP contribution in [0.2, 0.25) is 5.02 Å². The van der Waals surface area contributed by atoms with Gasteiger partial charge in [-0.25, -0.2) is 14.6 Å². The van der Waals surface area contributed by atoms with E-state index in [0.717, 1.165) is 5.69 Å². The van der Waals surface area contributed by atoms with Crippen molar-refractivity contribution in [2.24, 2.45) is 0 Å². The van der Waals surface area contributed by atoms with Crippen molar-refractivity contribution < 1.29 is 9.53 Å². The fourth-order valence-corrected chi connectivity index (χ4v) is 4.01. The summed E-state index contributed by atoms with van der Waals surface area (Å²) in [6.07, 6.45) is 3.10. The summed E-state index contributed by atoms with van der Waals surface area (Å²) < 4.78 is 8.92. The first-order valence-corrected chi connectivity index (χ1v) is 11.8. The standard InChI is InChI=1S/C26H24ClN7O2/c1-16(2)18-7-9-21(10-8-18)36-14-24(35)31-23-11-17(3)32-34(23)26-22-13-30-33(25(22)28-15-29-26)20-6-4-5-19(27)12-20/h4-13,15-16H,14H2,1-3H3,(H,31,35). The van der Waals surface area contributed by atoms with Crippen molar-refractivity contribution in [2.45, 2.75) is 26.7 Å². The Morgan fingerprint density at radius 2 is 1.89 bits per heavy atom. The topological polar surface area (TPSA) is 99.7 Å². The highest BCUT2D eigenvalue weighted by molar-refractivity contribution is 6.30. The quantitative estimate of drug-likeness (QED) is 0.333. The maximum absolute atomic E-state index is 12.7. The molecule has 0 aliphatic carbocycles. The molecule has 10 heteroatoms. The second-order valence-corrected chi connectivity index (χ2v) is 9.05. The van der Waals surface area contributed by atoms with Crippen molar-refractivity contribution in [2.75, 3.05) is 11.9 Å². The first-order chi connectivity index (χ1) is 17.4. The smallest absolute Gasteiger partial charge is 0.263 e. The fourth-order valence-electron chi connectivity index (χ4n) is 3.82. The van der Waals surface area contributed by atoms with Crippen LogP contribution in [0.3, 0.4) is 0 Å². The van der Waals surface area contributed by atoms with E-state index < -0.39 is 0 Å². The third-order valence-corrected chi connectivity index (χ3v) is 5.85. The molecule has 1 amide bonds. The Kier molecular flexibility index (Phi) is 6.39. The lowest BCUT2D eigenvalue weighted by molar-refractivity contribution is -0.118. The molecule has 0 fully saturated rings. The fraction of sp³-hybridized carbons (Fsp3) is 0.192. The zero-order valence-corrected chi connectivity index (χ0v) is 20.8. The number of nitrogens with zero attached hydrogens (tertiary/aromatic N) is 6. The molecule has 0 atom stereocenters. The second-order valence-electron chi connectivity index (χ2n) is 8.61. The highest BCUT2D eigenvalue weighted by atomic mass is 35.5. The maximum Gasteiger partial charge on any atom is 0.263 e. The first kappa shape index (κ1) is 23.5. The molecule has 0 saturated carbocycles. The van der Waals surface area contributed by atoms with Crippen molar-refractivity contribution >= 4 is 34.4 Å². The Morgan fingerprint density at radius 3 is 2.64 bits per heavy atom. The zero-order valence-electron chi connectivity index (χ0n) is 20.0. The molecule has 0 spiro atoms. The van der Waals surface area contributed by atoms with Crippen LogP contribution in [0.1, 0.15) is 31.0 Å². The number of rotatable bonds is 7. The van der Waals surface area contributed by atoms with Crippen molar-refractivity contribution in [3.05, 3.63) is 83.4 Å². The monoisotopic (exact) mass is 501 g/mol. The molecule has 9 nitrogen and oxygen atoms in total. The van der Waals surface area contributed by atoms with Gasteiger partial charge >= 0.3 is 0 Å². The highest BCUT2D eigenvalue weighted by Gasteiger charge is 2.18. The van der Waals surface area contributed by atoms with E-state index in [1.54, 1.807) is 33.8 Å². The number of benzene rings is 2. The number of aromatic nitrogens is 6. The molecule has 0 saturated heterocycles. The minimum atomic E-state index is -0.316. The van der Waals surface area contributed by atoms with E-state index in [-0.39, 0.29) is 12.5 Å². The molecule has 36 heavy (non-hydrogen) atoms. The molecule has 0 radical (unpaired) electrons. The van der Waals surface area contributed by atoms with E-state index in [1.807, 2.05) is 43.3 Å². The van der Waals surface area contributed by atoms with E-state index in [9.17, 15) is 4.79 Å². The molecule has 0 aliphatic rings. The number of hydrogen-bond donors (Lipinski definition) is 1. The summed E-state index contributed by atoms with van der Waals surface area (Å²) in [5, 5.41) is 13.1. The van der Waals surface area contributed by atoms with Crippen molar-refractivity contribution in [1.29, 1.82) is 0 Å². The summed E-state index contributed by atoms with van der Waals surface area (Å²) in [5.41, 5.74) is 3.28. The summed E-state index contributed by atoms with van der Waals surface area (Å²) in [6, 6.07) is 16.8. The summed E-state index contributed by atoms with van der Waals surface area (Å²) >= 11 is 6.16. The molecule has 3 heterocycles. The number of ether oxygens (including phenoxy) is 1. The van der Waals surface area contributed by atoms with Gasteiger partial charge in [0.1, 0.15) is 17.9 Å². The Bertz CT molecular complexity index is 1540. The van der Waals surface area contributed by atoms with Crippen LogP contribution in [0.25, 0.3) is 22.5 Å². The molecule has 3 aromatic heterocycles. The van der Waals surface area contributed by atoms with Crippen LogP contribution in [0.15, 0.2) is 67.1 Å². The van der Waals surface area contributed by atoms with Gasteiger partial charge in [0.25, 0.3) is 5.91 Å². The molecule has 0 unspecified atom stereocenters. The zero-order chi connectivity index (χ0) is 25.2. The number of carbonyl (C=O) groups excluding carboxylic acids is 1. The molecule has 2 aromatic carbocycles. The molecule has 1 N–H and O–H groups in total. The summed E-state index contributed by atoms with van der Waals surface area (Å²) in [5.74, 6) is 1.69. The molecule has 182 valence electrons. The third-order valence-electron chi connectivity index (χ3n) is 5.61. The largest absolute Gasteiger partial charge is 0.484 e. The van der Waals surface area contributed by atoms with E-state index in [2.05, 4.69) is 39.3 Å². The average Bonchev–Trinajstić information content (AvgIpc) is 3.46. The Hall–Kier alpha value is -4.24. The Labute approximate surface area is 212 Å².